The van der Waals surface area contributed by atoms with Gasteiger partial charge in [0.05, 0.1) is 13.0 Å². The molecule has 6 heteroatoms. The summed E-state index contributed by atoms with van der Waals surface area (Å²) in [6, 6.07) is 0. The molecular weight excluding hydrogens is 232 g/mol. The predicted octanol–water partition coefficient (Wildman–Crippen LogP) is 0.130. The number of rotatable bonds is 5. The first-order chi connectivity index (χ1) is 8.70. The highest BCUT2D eigenvalue weighted by atomic mass is 16.5. The third kappa shape index (κ3) is 3.14. The largest absolute Gasteiger partial charge is 0.368 e. The third-order valence-electron chi connectivity index (χ3n) is 3.09. The number of hydrogen-bond donors (Lipinski definition) is 0. The average molecular weight is 252 g/mol. The highest BCUT2D eigenvalue weighted by Crippen LogP contribution is 2.07. The normalized spacial score (nSPS) is 21.1. The molecule has 1 atom stereocenters. The molecule has 1 saturated heterocycles. The highest BCUT2D eigenvalue weighted by molar-refractivity contribution is 5.84. The number of Topliss-reactive ketones (excluding diaryl/α,β-unsaturated/α-hetero) is 1. The zero-order valence-electron chi connectivity index (χ0n) is 11.0. The zero-order valence-corrected chi connectivity index (χ0v) is 11.0. The standard InChI is InChI=1S/C12H20N4O2/c1-3-4-16-12(13-9-14-16)7-10(17)11-8-15(2)5-6-18-11/h9,11H,3-8H2,1-2H3. The molecule has 6 nitrogen and oxygen atoms in total. The Morgan fingerprint density at radius 2 is 2.44 bits per heavy atom. The van der Waals surface area contributed by atoms with Crippen LogP contribution in [0.4, 0.5) is 0 Å². The maximum atomic E-state index is 12.1. The fraction of sp³-hybridized carbons (Fsp3) is 0.750. The molecule has 0 aliphatic carbocycles. The van der Waals surface area contributed by atoms with Crippen LogP contribution in [0.1, 0.15) is 19.2 Å². The number of morpholine rings is 1. The summed E-state index contributed by atoms with van der Waals surface area (Å²) in [5, 5.41) is 4.12. The van der Waals surface area contributed by atoms with Gasteiger partial charge in [0, 0.05) is 19.6 Å². The van der Waals surface area contributed by atoms with Crippen LogP contribution in [0.5, 0.6) is 0 Å². The van der Waals surface area contributed by atoms with Crippen molar-refractivity contribution in [2.24, 2.45) is 0 Å². The Bertz CT molecular complexity index is 405. The van der Waals surface area contributed by atoms with Crippen LogP contribution in [0.2, 0.25) is 0 Å². The molecule has 0 radical (unpaired) electrons. The second kappa shape index (κ2) is 6.06. The summed E-state index contributed by atoms with van der Waals surface area (Å²) in [5.74, 6) is 0.825. The van der Waals surface area contributed by atoms with Gasteiger partial charge in [0.25, 0.3) is 0 Å². The van der Waals surface area contributed by atoms with Crippen molar-refractivity contribution < 1.29 is 9.53 Å². The van der Waals surface area contributed by atoms with Crippen molar-refractivity contribution in [3.63, 3.8) is 0 Å². The van der Waals surface area contributed by atoms with E-state index in [1.165, 1.54) is 6.33 Å². The summed E-state index contributed by atoms with van der Waals surface area (Å²) in [4.78, 5) is 18.4. The number of aromatic nitrogens is 3. The van der Waals surface area contributed by atoms with Crippen LogP contribution in [0.25, 0.3) is 0 Å². The molecule has 0 amide bonds. The van der Waals surface area contributed by atoms with Crippen LogP contribution in [-0.2, 0) is 22.5 Å². The van der Waals surface area contributed by atoms with Crippen LogP contribution in [0.15, 0.2) is 6.33 Å². The molecule has 18 heavy (non-hydrogen) atoms. The second-order valence-electron chi connectivity index (χ2n) is 4.66. The van der Waals surface area contributed by atoms with Gasteiger partial charge in [0.15, 0.2) is 5.78 Å². The van der Waals surface area contributed by atoms with Crippen LogP contribution >= 0.6 is 0 Å². The summed E-state index contributed by atoms with van der Waals surface area (Å²) in [7, 11) is 2.00. The highest BCUT2D eigenvalue weighted by Gasteiger charge is 2.25. The van der Waals surface area contributed by atoms with E-state index in [4.69, 9.17) is 4.74 Å². The zero-order chi connectivity index (χ0) is 13.0. The molecule has 1 unspecified atom stereocenters. The van der Waals surface area contributed by atoms with Crippen molar-refractivity contribution in [3.8, 4) is 0 Å². The minimum Gasteiger partial charge on any atom is -0.368 e. The summed E-state index contributed by atoms with van der Waals surface area (Å²) >= 11 is 0. The predicted molar refractivity (Wildman–Crippen MR) is 66.3 cm³/mol. The van der Waals surface area contributed by atoms with Crippen LogP contribution < -0.4 is 0 Å². The van der Waals surface area contributed by atoms with Gasteiger partial charge in [-0.05, 0) is 13.5 Å². The first kappa shape index (κ1) is 13.2. The van der Waals surface area contributed by atoms with E-state index in [1.807, 2.05) is 7.05 Å². The Labute approximate surface area is 107 Å². The minimum absolute atomic E-state index is 0.0897. The van der Waals surface area contributed by atoms with Gasteiger partial charge in [-0.25, -0.2) is 9.67 Å². The maximum absolute atomic E-state index is 12.1. The van der Waals surface area contributed by atoms with Crippen molar-refractivity contribution in [1.82, 2.24) is 19.7 Å². The van der Waals surface area contributed by atoms with Gasteiger partial charge in [-0.1, -0.05) is 6.92 Å². The van der Waals surface area contributed by atoms with Gasteiger partial charge >= 0.3 is 0 Å². The number of ether oxygens (including phenoxy) is 1. The average Bonchev–Trinajstić information content (AvgIpc) is 2.77. The Balaban J connectivity index is 1.95. The van der Waals surface area contributed by atoms with Gasteiger partial charge in [0.1, 0.15) is 18.3 Å². The lowest BCUT2D eigenvalue weighted by molar-refractivity contribution is -0.135. The smallest absolute Gasteiger partial charge is 0.170 e. The number of carbonyl (C=O) groups excluding carboxylic acids is 1. The monoisotopic (exact) mass is 252 g/mol. The topological polar surface area (TPSA) is 60.2 Å². The van der Waals surface area contributed by atoms with E-state index in [-0.39, 0.29) is 11.9 Å². The lowest BCUT2D eigenvalue weighted by atomic mass is 10.1. The molecule has 100 valence electrons. The molecule has 1 aromatic rings. The molecule has 0 saturated carbocycles. The van der Waals surface area contributed by atoms with E-state index in [0.29, 0.717) is 19.6 Å². The quantitative estimate of drug-likeness (QED) is 0.745. The molecule has 1 aromatic heterocycles. The molecule has 2 heterocycles. The Kier molecular flexibility index (Phi) is 4.43. The van der Waals surface area contributed by atoms with Gasteiger partial charge < -0.3 is 9.64 Å². The van der Waals surface area contributed by atoms with Gasteiger partial charge in [-0.2, -0.15) is 5.10 Å². The fourth-order valence-electron chi connectivity index (χ4n) is 2.07. The van der Waals surface area contributed by atoms with Crippen molar-refractivity contribution in [2.45, 2.75) is 32.4 Å². The summed E-state index contributed by atoms with van der Waals surface area (Å²) < 4.78 is 7.31. The van der Waals surface area contributed by atoms with Crippen LogP contribution in [0.3, 0.4) is 0 Å². The first-order valence-electron chi connectivity index (χ1n) is 6.40. The second-order valence-corrected chi connectivity index (χ2v) is 4.66. The van der Waals surface area contributed by atoms with Gasteiger partial charge in [-0.15, -0.1) is 0 Å². The van der Waals surface area contributed by atoms with Crippen molar-refractivity contribution in [3.05, 3.63) is 12.2 Å². The minimum atomic E-state index is -0.324. The molecular formula is C12H20N4O2. The molecule has 1 fully saturated rings. The van der Waals surface area contributed by atoms with Crippen molar-refractivity contribution in [2.75, 3.05) is 26.7 Å². The van der Waals surface area contributed by atoms with Crippen molar-refractivity contribution in [1.29, 1.82) is 0 Å². The first-order valence-corrected chi connectivity index (χ1v) is 6.40. The SMILES string of the molecule is CCCn1ncnc1CC(=O)C1CN(C)CCO1. The molecule has 0 aromatic carbocycles. The van der Waals surface area contributed by atoms with E-state index in [2.05, 4.69) is 21.9 Å². The summed E-state index contributed by atoms with van der Waals surface area (Å²) in [6.07, 6.45) is 2.47. The fourth-order valence-corrected chi connectivity index (χ4v) is 2.07. The Hall–Kier alpha value is -1.27. The van der Waals surface area contributed by atoms with E-state index in [1.54, 1.807) is 4.68 Å². The van der Waals surface area contributed by atoms with Crippen LogP contribution in [0, 0.1) is 0 Å². The molecule has 0 spiro atoms. The Morgan fingerprint density at radius 3 is 3.17 bits per heavy atom. The molecule has 1 aliphatic heterocycles. The Morgan fingerprint density at radius 1 is 1.61 bits per heavy atom. The van der Waals surface area contributed by atoms with Crippen LogP contribution in [-0.4, -0.2) is 58.3 Å². The lowest BCUT2D eigenvalue weighted by Gasteiger charge is -2.28. The van der Waals surface area contributed by atoms with Gasteiger partial charge in [0.2, 0.25) is 0 Å². The third-order valence-corrected chi connectivity index (χ3v) is 3.09. The van der Waals surface area contributed by atoms with E-state index < -0.39 is 0 Å². The molecule has 2 rings (SSSR count). The number of hydrogen-bond acceptors (Lipinski definition) is 5. The van der Waals surface area contributed by atoms with E-state index in [0.717, 1.165) is 25.3 Å². The van der Waals surface area contributed by atoms with E-state index in [9.17, 15) is 4.79 Å². The molecule has 1 aliphatic rings. The van der Waals surface area contributed by atoms with Gasteiger partial charge in [-0.3, -0.25) is 4.79 Å². The van der Waals surface area contributed by atoms with Crippen molar-refractivity contribution >= 4 is 5.78 Å². The van der Waals surface area contributed by atoms with E-state index >= 15 is 0 Å². The molecule has 0 N–H and O–H groups in total. The summed E-state index contributed by atoms with van der Waals surface area (Å²) in [6.45, 7) is 5.05. The lowest BCUT2D eigenvalue weighted by Crippen LogP contribution is -2.44. The number of aryl methyl sites for hydroxylation is 1. The number of carbonyl (C=O) groups is 1. The maximum Gasteiger partial charge on any atom is 0.170 e. The number of nitrogens with zero attached hydrogens (tertiary/aromatic N) is 4. The summed E-state index contributed by atoms with van der Waals surface area (Å²) in [5.41, 5.74) is 0. The molecule has 0 bridgehead atoms. The number of likely N-dealkylation sites (N-methyl/N-ethyl adjacent to an activating group) is 1. The number of ketones is 1.